The molecule has 170 valence electrons. The molecule has 0 spiro atoms. The van der Waals surface area contributed by atoms with Crippen molar-refractivity contribution in [3.63, 3.8) is 0 Å². The summed E-state index contributed by atoms with van der Waals surface area (Å²) in [6, 6.07) is 7.81. The molecule has 1 aromatic carbocycles. The van der Waals surface area contributed by atoms with Gasteiger partial charge in [0.2, 0.25) is 5.91 Å². The molecule has 9 heteroatoms. The number of nitrogens with one attached hydrogen (secondary N) is 3. The Morgan fingerprint density at radius 2 is 2.00 bits per heavy atom. The number of benzene rings is 1. The minimum atomic E-state index is -0.0584. The molecule has 0 saturated carbocycles. The van der Waals surface area contributed by atoms with Crippen LogP contribution in [0.5, 0.6) is 5.75 Å². The van der Waals surface area contributed by atoms with Crippen molar-refractivity contribution in [1.29, 1.82) is 0 Å². The molecule has 1 fully saturated rings. The lowest BCUT2D eigenvalue weighted by molar-refractivity contribution is -0.122. The Kier molecular flexibility index (Phi) is 13.1. The largest absolute Gasteiger partial charge is 0.487 e. The first-order valence-electron chi connectivity index (χ1n) is 10.4. The van der Waals surface area contributed by atoms with Gasteiger partial charge in [-0.3, -0.25) is 14.7 Å². The molecule has 0 radical (unpaired) electrons. The van der Waals surface area contributed by atoms with Crippen LogP contribution in [-0.4, -0.2) is 68.7 Å². The van der Waals surface area contributed by atoms with Gasteiger partial charge in [-0.15, -0.1) is 24.0 Å². The van der Waals surface area contributed by atoms with Gasteiger partial charge in [0.05, 0.1) is 18.1 Å². The molecule has 1 aliphatic heterocycles. The molecular weight excluding hydrogens is 517 g/mol. The van der Waals surface area contributed by atoms with Crippen molar-refractivity contribution in [2.75, 3.05) is 39.8 Å². The summed E-state index contributed by atoms with van der Waals surface area (Å²) in [6.45, 7) is 7.70. The molecule has 2 rings (SSSR count). The van der Waals surface area contributed by atoms with Gasteiger partial charge >= 0.3 is 0 Å². The molecule has 1 saturated heterocycles. The zero-order valence-electron chi connectivity index (χ0n) is 18.1. The second-order valence-electron chi connectivity index (χ2n) is 7.36. The number of nitrogens with zero attached hydrogens (tertiary/aromatic N) is 2. The highest BCUT2D eigenvalue weighted by Gasteiger charge is 2.21. The highest BCUT2D eigenvalue weighted by molar-refractivity contribution is 14.0. The number of carbonyl (C=O) groups excluding carboxylic acids is 1. The van der Waals surface area contributed by atoms with Crippen LogP contribution in [0.2, 0.25) is 5.02 Å². The van der Waals surface area contributed by atoms with E-state index in [-0.39, 0.29) is 36.0 Å². The number of piperidine rings is 1. The lowest BCUT2D eigenvalue weighted by atomic mass is 10.1. The summed E-state index contributed by atoms with van der Waals surface area (Å²) in [7, 11) is 1.77. The number of amides is 1. The Labute approximate surface area is 202 Å². The standard InChI is InChI=1S/C21H34ClN5O2.HI/c1-4-11-24-20(28)15-27-12-9-17(10-13-27)26-21(23-3)25-14-16(2)29-19-8-6-5-7-18(19)22;/h5-8,16-17H,4,9-15H2,1-3H3,(H,24,28)(H2,23,25,26);1H. The fourth-order valence-electron chi connectivity index (χ4n) is 3.19. The average molecular weight is 552 g/mol. The number of para-hydroxylation sites is 1. The predicted octanol–water partition coefficient (Wildman–Crippen LogP) is 2.88. The van der Waals surface area contributed by atoms with Crippen LogP contribution in [-0.2, 0) is 4.79 Å². The highest BCUT2D eigenvalue weighted by atomic mass is 127. The van der Waals surface area contributed by atoms with Crippen molar-refractivity contribution < 1.29 is 9.53 Å². The maximum Gasteiger partial charge on any atom is 0.234 e. The van der Waals surface area contributed by atoms with Gasteiger partial charge in [-0.2, -0.15) is 0 Å². The number of carbonyl (C=O) groups is 1. The van der Waals surface area contributed by atoms with Gasteiger partial charge in [0.15, 0.2) is 5.96 Å². The van der Waals surface area contributed by atoms with E-state index in [9.17, 15) is 4.79 Å². The Balaban J connectivity index is 0.00000450. The number of hydrogen-bond acceptors (Lipinski definition) is 4. The molecule has 1 unspecified atom stereocenters. The van der Waals surface area contributed by atoms with Gasteiger partial charge in [-0.25, -0.2) is 0 Å². The first-order valence-corrected chi connectivity index (χ1v) is 10.8. The second-order valence-corrected chi connectivity index (χ2v) is 7.76. The van der Waals surface area contributed by atoms with Crippen molar-refractivity contribution in [3.05, 3.63) is 29.3 Å². The third kappa shape index (κ3) is 9.70. The molecule has 0 aliphatic carbocycles. The minimum Gasteiger partial charge on any atom is -0.487 e. The van der Waals surface area contributed by atoms with E-state index in [1.165, 1.54) is 0 Å². The number of guanidine groups is 1. The van der Waals surface area contributed by atoms with Crippen LogP contribution in [0.1, 0.15) is 33.1 Å². The van der Waals surface area contributed by atoms with Gasteiger partial charge in [0.1, 0.15) is 11.9 Å². The fraction of sp³-hybridized carbons (Fsp3) is 0.619. The fourth-order valence-corrected chi connectivity index (χ4v) is 3.37. The molecule has 1 heterocycles. The van der Waals surface area contributed by atoms with Gasteiger partial charge in [0.25, 0.3) is 0 Å². The van der Waals surface area contributed by atoms with Crippen molar-refractivity contribution >= 4 is 47.4 Å². The third-order valence-electron chi connectivity index (χ3n) is 4.81. The third-order valence-corrected chi connectivity index (χ3v) is 5.13. The van der Waals surface area contributed by atoms with Crippen molar-refractivity contribution in [1.82, 2.24) is 20.9 Å². The van der Waals surface area contributed by atoms with E-state index >= 15 is 0 Å². The number of halogens is 2. The van der Waals surface area contributed by atoms with E-state index in [2.05, 4.69) is 32.8 Å². The van der Waals surface area contributed by atoms with E-state index in [1.807, 2.05) is 31.2 Å². The summed E-state index contributed by atoms with van der Waals surface area (Å²) in [5.41, 5.74) is 0. The van der Waals surface area contributed by atoms with E-state index in [0.29, 0.717) is 29.9 Å². The second kappa shape index (κ2) is 14.7. The molecule has 0 bridgehead atoms. The molecule has 1 amide bonds. The molecule has 7 nitrogen and oxygen atoms in total. The summed E-state index contributed by atoms with van der Waals surface area (Å²) in [4.78, 5) is 18.4. The summed E-state index contributed by atoms with van der Waals surface area (Å²) >= 11 is 6.14. The van der Waals surface area contributed by atoms with Crippen LogP contribution in [0.3, 0.4) is 0 Å². The quantitative estimate of drug-likeness (QED) is 0.250. The zero-order valence-corrected chi connectivity index (χ0v) is 21.2. The van der Waals surface area contributed by atoms with Gasteiger partial charge in [0, 0.05) is 32.7 Å². The zero-order chi connectivity index (χ0) is 21.1. The Morgan fingerprint density at radius 3 is 2.63 bits per heavy atom. The Bertz CT molecular complexity index is 669. The Morgan fingerprint density at radius 1 is 1.30 bits per heavy atom. The van der Waals surface area contributed by atoms with Gasteiger partial charge < -0.3 is 20.7 Å². The topological polar surface area (TPSA) is 78.0 Å². The first-order chi connectivity index (χ1) is 14.0. The lowest BCUT2D eigenvalue weighted by Crippen LogP contribution is -2.51. The van der Waals surface area contributed by atoms with Gasteiger partial charge in [-0.05, 0) is 38.3 Å². The van der Waals surface area contributed by atoms with Crippen LogP contribution in [0.25, 0.3) is 0 Å². The van der Waals surface area contributed by atoms with E-state index in [0.717, 1.165) is 44.9 Å². The van der Waals surface area contributed by atoms with Crippen LogP contribution in [0.4, 0.5) is 0 Å². The van der Waals surface area contributed by atoms with Crippen LogP contribution >= 0.6 is 35.6 Å². The molecule has 1 aromatic rings. The predicted molar refractivity (Wildman–Crippen MR) is 134 cm³/mol. The number of likely N-dealkylation sites (tertiary alicyclic amines) is 1. The molecular formula is C21H35ClIN5O2. The maximum absolute atomic E-state index is 11.9. The number of aliphatic imine (C=N–C) groups is 1. The Hall–Kier alpha value is -1.26. The smallest absolute Gasteiger partial charge is 0.234 e. The van der Waals surface area contributed by atoms with Crippen LogP contribution in [0.15, 0.2) is 29.3 Å². The van der Waals surface area contributed by atoms with E-state index in [1.54, 1.807) is 7.05 Å². The normalized spacial score (nSPS) is 16.3. The number of hydrogen-bond donors (Lipinski definition) is 3. The van der Waals surface area contributed by atoms with Crippen molar-refractivity contribution in [2.24, 2.45) is 4.99 Å². The molecule has 3 N–H and O–H groups in total. The maximum atomic E-state index is 11.9. The number of ether oxygens (including phenoxy) is 1. The molecule has 0 aromatic heterocycles. The monoisotopic (exact) mass is 551 g/mol. The van der Waals surface area contributed by atoms with Gasteiger partial charge in [-0.1, -0.05) is 30.7 Å². The number of rotatable bonds is 9. The average Bonchev–Trinajstić information content (AvgIpc) is 2.72. The highest BCUT2D eigenvalue weighted by Crippen LogP contribution is 2.24. The SMILES string of the molecule is CCCNC(=O)CN1CCC(NC(=NC)NCC(C)Oc2ccccc2Cl)CC1.I. The van der Waals surface area contributed by atoms with E-state index < -0.39 is 0 Å². The summed E-state index contributed by atoms with van der Waals surface area (Å²) < 4.78 is 5.89. The first kappa shape index (κ1) is 26.8. The van der Waals surface area contributed by atoms with Crippen LogP contribution in [0, 0.1) is 0 Å². The summed E-state index contributed by atoms with van der Waals surface area (Å²) in [5, 5.41) is 10.3. The van der Waals surface area contributed by atoms with Crippen molar-refractivity contribution in [2.45, 2.75) is 45.3 Å². The molecule has 1 atom stereocenters. The van der Waals surface area contributed by atoms with E-state index in [4.69, 9.17) is 16.3 Å². The van der Waals surface area contributed by atoms with Crippen LogP contribution < -0.4 is 20.7 Å². The molecule has 30 heavy (non-hydrogen) atoms. The summed E-state index contributed by atoms with van der Waals surface area (Å²) in [6.07, 6.45) is 2.86. The lowest BCUT2D eigenvalue weighted by Gasteiger charge is -2.32. The molecule has 1 aliphatic rings. The summed E-state index contributed by atoms with van der Waals surface area (Å²) in [5.74, 6) is 1.56. The van der Waals surface area contributed by atoms with Crippen molar-refractivity contribution in [3.8, 4) is 5.75 Å². The minimum absolute atomic E-state index is 0.